The molecule has 3 N–H and O–H groups in total. The summed E-state index contributed by atoms with van der Waals surface area (Å²) >= 11 is 0. The minimum Gasteiger partial charge on any atom is -0.545 e. The molecule has 0 amide bonds. The van der Waals surface area contributed by atoms with E-state index in [1.54, 1.807) is 0 Å². The molecule has 156 valence electrons. The summed E-state index contributed by atoms with van der Waals surface area (Å²) in [5.74, 6) is -2.55. The molecule has 0 unspecified atom stereocenters. The van der Waals surface area contributed by atoms with Crippen LogP contribution in [0.2, 0.25) is 0 Å². The van der Waals surface area contributed by atoms with Gasteiger partial charge in [0.1, 0.15) is 10.6 Å². The maximum absolute atomic E-state index is 11.6. The third kappa shape index (κ3) is 5.27. The minimum atomic E-state index is -4.97. The van der Waals surface area contributed by atoms with Crippen LogP contribution < -0.4 is 34.7 Å². The van der Waals surface area contributed by atoms with Crippen LogP contribution in [0.3, 0.4) is 0 Å². The van der Waals surface area contributed by atoms with Crippen LogP contribution in [0.5, 0.6) is 5.75 Å². The molecule has 11 nitrogen and oxygen atoms in total. The zero-order valence-corrected chi connectivity index (χ0v) is 19.3. The number of hydrogen-bond donors (Lipinski definition) is 3. The van der Waals surface area contributed by atoms with Gasteiger partial charge in [-0.3, -0.25) is 9.11 Å². The summed E-state index contributed by atoms with van der Waals surface area (Å²) in [7, 11) is -9.60. The number of fused-ring (bicyclic) bond motifs is 1. The summed E-state index contributed by atoms with van der Waals surface area (Å²) in [5, 5.41) is 28.8. The van der Waals surface area contributed by atoms with E-state index in [4.69, 9.17) is 0 Å². The van der Waals surface area contributed by atoms with Crippen molar-refractivity contribution in [1.29, 1.82) is 0 Å². The number of hydrogen-bond acceptors (Lipinski definition) is 9. The van der Waals surface area contributed by atoms with Gasteiger partial charge < -0.3 is 15.0 Å². The molecule has 0 atom stereocenters. The summed E-state index contributed by atoms with van der Waals surface area (Å²) in [6.07, 6.45) is 0. The number of aromatic hydroxyl groups is 1. The number of carbonyl (C=O) groups excluding carboxylic acids is 1. The summed E-state index contributed by atoms with van der Waals surface area (Å²) < 4.78 is 64.5. The first-order valence-corrected chi connectivity index (χ1v) is 10.7. The maximum Gasteiger partial charge on any atom is 1.00 e. The fourth-order valence-corrected chi connectivity index (χ4v) is 3.76. The van der Waals surface area contributed by atoms with E-state index >= 15 is 0 Å². The Morgan fingerprint density at radius 1 is 0.903 bits per heavy atom. The topological polar surface area (TPSA) is 194 Å². The largest absolute Gasteiger partial charge is 1.00 e. The molecule has 3 aromatic rings. The number of aromatic carboxylic acids is 1. The van der Waals surface area contributed by atoms with Gasteiger partial charge in [-0.05, 0) is 29.7 Å². The molecule has 0 bridgehead atoms. The minimum absolute atomic E-state index is 0. The first-order valence-electron chi connectivity index (χ1n) is 7.86. The van der Waals surface area contributed by atoms with Crippen molar-refractivity contribution in [2.24, 2.45) is 10.2 Å². The van der Waals surface area contributed by atoms with E-state index < -0.39 is 47.4 Å². The molecule has 0 aromatic heterocycles. The number of phenols is 1. The van der Waals surface area contributed by atoms with Crippen molar-refractivity contribution in [1.82, 2.24) is 0 Å². The SMILES string of the molecule is O=C([O-])c1ccccc1N=Nc1c(O)c(S(=O)(=O)O)cc2cc(S(=O)(=O)O)ccc12.[Na+]. The smallest absolute Gasteiger partial charge is 0.545 e. The predicted molar refractivity (Wildman–Crippen MR) is 100 cm³/mol. The van der Waals surface area contributed by atoms with E-state index in [1.807, 2.05) is 0 Å². The van der Waals surface area contributed by atoms with E-state index in [0.717, 1.165) is 24.3 Å². The molecule has 0 saturated heterocycles. The Labute approximate surface area is 197 Å². The van der Waals surface area contributed by atoms with Crippen LogP contribution in [0, 0.1) is 0 Å². The molecular weight excluding hydrogens is 463 g/mol. The Morgan fingerprint density at radius 2 is 1.55 bits per heavy atom. The van der Waals surface area contributed by atoms with Gasteiger partial charge in [0.05, 0.1) is 16.6 Å². The molecule has 0 fully saturated rings. The number of carbonyl (C=O) groups is 1. The van der Waals surface area contributed by atoms with Gasteiger partial charge in [-0.25, -0.2) is 0 Å². The van der Waals surface area contributed by atoms with E-state index in [2.05, 4.69) is 10.2 Å². The van der Waals surface area contributed by atoms with Crippen LogP contribution >= 0.6 is 0 Å². The Morgan fingerprint density at radius 3 is 2.13 bits per heavy atom. The third-order valence-corrected chi connectivity index (χ3v) is 5.70. The summed E-state index contributed by atoms with van der Waals surface area (Å²) in [5.41, 5.74) is -0.989. The summed E-state index contributed by atoms with van der Waals surface area (Å²) in [6, 6.07) is 9.09. The van der Waals surface area contributed by atoms with Gasteiger partial charge in [-0.1, -0.05) is 24.3 Å². The van der Waals surface area contributed by atoms with Gasteiger partial charge in [0.2, 0.25) is 0 Å². The molecule has 0 heterocycles. The monoisotopic (exact) mass is 474 g/mol. The standard InChI is InChI=1S/C17H12N2O9S2.Na/c20-16-14(30(26,27)28)8-9-7-10(29(23,24)25)5-6-11(9)15(16)19-18-13-4-2-1-3-12(13)17(21)22;/h1-8,20H,(H,21,22)(H,23,24,25)(H,26,27,28);/q;+1/p-1. The van der Waals surface area contributed by atoms with Crippen molar-refractivity contribution in [3.8, 4) is 5.75 Å². The molecule has 0 aliphatic carbocycles. The second kappa shape index (κ2) is 9.00. The van der Waals surface area contributed by atoms with Crippen molar-refractivity contribution < 1.29 is 70.5 Å². The maximum atomic E-state index is 11.6. The van der Waals surface area contributed by atoms with Crippen LogP contribution in [-0.2, 0) is 20.2 Å². The average Bonchev–Trinajstić information content (AvgIpc) is 2.65. The molecule has 14 heteroatoms. The van der Waals surface area contributed by atoms with Crippen LogP contribution in [0.15, 0.2) is 68.6 Å². The second-order valence-corrected chi connectivity index (χ2v) is 8.72. The third-order valence-electron chi connectivity index (χ3n) is 3.98. The molecule has 0 spiro atoms. The van der Waals surface area contributed by atoms with Gasteiger partial charge >= 0.3 is 29.6 Å². The predicted octanol–water partition coefficient (Wildman–Crippen LogP) is -1.18. The van der Waals surface area contributed by atoms with Gasteiger partial charge in [-0.15, -0.1) is 10.2 Å². The molecule has 3 rings (SSSR count). The van der Waals surface area contributed by atoms with Crippen LogP contribution in [-0.4, -0.2) is 37.0 Å². The van der Waals surface area contributed by atoms with Crippen molar-refractivity contribution in [3.05, 3.63) is 54.1 Å². The summed E-state index contributed by atoms with van der Waals surface area (Å²) in [4.78, 5) is 9.60. The Bertz CT molecular complexity index is 1440. The van der Waals surface area contributed by atoms with Gasteiger partial charge in [0.25, 0.3) is 20.2 Å². The molecule has 0 aliphatic heterocycles. The quantitative estimate of drug-likeness (QED) is 0.232. The molecule has 31 heavy (non-hydrogen) atoms. The Kier molecular flexibility index (Phi) is 7.22. The van der Waals surface area contributed by atoms with Gasteiger partial charge in [-0.2, -0.15) is 16.8 Å². The second-order valence-electron chi connectivity index (χ2n) is 5.91. The normalized spacial score (nSPS) is 12.1. The van der Waals surface area contributed by atoms with Crippen LogP contribution in [0.4, 0.5) is 11.4 Å². The first kappa shape index (κ1) is 24.9. The van der Waals surface area contributed by atoms with Gasteiger partial charge in [0, 0.05) is 10.9 Å². The van der Waals surface area contributed by atoms with Crippen molar-refractivity contribution in [2.45, 2.75) is 9.79 Å². The number of carboxylic acid groups (broad SMARTS) is 1. The van der Waals surface area contributed by atoms with Crippen molar-refractivity contribution in [2.75, 3.05) is 0 Å². The van der Waals surface area contributed by atoms with Crippen molar-refractivity contribution in [3.63, 3.8) is 0 Å². The van der Waals surface area contributed by atoms with Gasteiger partial charge in [0.15, 0.2) is 5.75 Å². The van der Waals surface area contributed by atoms with E-state index in [0.29, 0.717) is 0 Å². The number of phenolic OH excluding ortho intramolecular Hbond substituents is 1. The van der Waals surface area contributed by atoms with E-state index in [9.17, 15) is 40.9 Å². The van der Waals surface area contributed by atoms with Crippen LogP contribution in [0.25, 0.3) is 10.8 Å². The van der Waals surface area contributed by atoms with Crippen molar-refractivity contribution >= 4 is 48.4 Å². The fraction of sp³-hybridized carbons (Fsp3) is 0. The number of azo groups is 1. The number of carboxylic acids is 1. The zero-order valence-electron chi connectivity index (χ0n) is 15.6. The Balaban J connectivity index is 0.00000341. The molecule has 0 saturated carbocycles. The molecule has 0 aliphatic rings. The first-order chi connectivity index (χ1) is 13.9. The van der Waals surface area contributed by atoms with E-state index in [1.165, 1.54) is 24.3 Å². The number of nitrogens with zero attached hydrogens (tertiary/aromatic N) is 2. The average molecular weight is 474 g/mol. The fourth-order valence-electron chi connectivity index (χ4n) is 2.63. The van der Waals surface area contributed by atoms with E-state index in [-0.39, 0.29) is 51.6 Å². The molecule has 3 aromatic carbocycles. The summed E-state index contributed by atoms with van der Waals surface area (Å²) in [6.45, 7) is 0. The number of rotatable bonds is 5. The number of benzene rings is 3. The zero-order chi connectivity index (χ0) is 22.3. The van der Waals surface area contributed by atoms with Crippen LogP contribution in [0.1, 0.15) is 10.4 Å². The molecule has 0 radical (unpaired) electrons. The molecular formula is C17H11N2NaO9S2. The Hall–Kier alpha value is -2.39.